The zero-order valence-electron chi connectivity index (χ0n) is 13.5. The number of carbonyl (C=O) groups excluding carboxylic acids is 1. The summed E-state index contributed by atoms with van der Waals surface area (Å²) in [6.07, 6.45) is 7.54. The van der Waals surface area contributed by atoms with E-state index in [1.807, 2.05) is 0 Å². The first-order valence-corrected chi connectivity index (χ1v) is 10.2. The fraction of sp³-hybridized carbons (Fsp3) is 0.500. The third-order valence-corrected chi connectivity index (χ3v) is 6.59. The zero-order valence-corrected chi connectivity index (χ0v) is 14.3. The number of sulfone groups is 1. The summed E-state index contributed by atoms with van der Waals surface area (Å²) in [4.78, 5) is 14.5. The summed E-state index contributed by atoms with van der Waals surface area (Å²) in [5, 5.41) is 0. The van der Waals surface area contributed by atoms with Gasteiger partial charge in [-0.25, -0.2) is 12.8 Å². The molecule has 0 aromatic heterocycles. The smallest absolute Gasteiger partial charge is 0.247 e. The van der Waals surface area contributed by atoms with Crippen molar-refractivity contribution in [1.82, 2.24) is 4.90 Å². The molecule has 3 rings (SSSR count). The molecule has 6 heteroatoms. The van der Waals surface area contributed by atoms with E-state index in [-0.39, 0.29) is 35.3 Å². The van der Waals surface area contributed by atoms with Gasteiger partial charge < -0.3 is 4.90 Å². The molecule has 1 aromatic carbocycles. The Morgan fingerprint density at radius 1 is 1.17 bits per heavy atom. The Balaban J connectivity index is 1.78. The van der Waals surface area contributed by atoms with Crippen LogP contribution in [0.25, 0.3) is 6.08 Å². The summed E-state index contributed by atoms with van der Waals surface area (Å²) in [5.41, 5.74) is 0.619. The molecule has 1 heterocycles. The molecule has 4 nitrogen and oxygen atoms in total. The molecule has 1 saturated heterocycles. The quantitative estimate of drug-likeness (QED) is 0.784. The van der Waals surface area contributed by atoms with Gasteiger partial charge in [-0.15, -0.1) is 0 Å². The molecule has 0 bridgehead atoms. The zero-order chi connectivity index (χ0) is 17.2. The number of amides is 1. The van der Waals surface area contributed by atoms with Gasteiger partial charge in [-0.1, -0.05) is 25.0 Å². The van der Waals surface area contributed by atoms with Crippen molar-refractivity contribution in [1.29, 1.82) is 0 Å². The highest BCUT2D eigenvalue weighted by Gasteiger charge is 2.38. The first-order chi connectivity index (χ1) is 11.4. The molecule has 1 unspecified atom stereocenters. The van der Waals surface area contributed by atoms with Crippen molar-refractivity contribution >= 4 is 21.8 Å². The molecule has 1 aromatic rings. The molecule has 1 aliphatic carbocycles. The van der Waals surface area contributed by atoms with Crippen molar-refractivity contribution < 1.29 is 17.6 Å². The maximum absolute atomic E-state index is 13.2. The molecule has 2 fully saturated rings. The number of carbonyl (C=O) groups is 1. The monoisotopic (exact) mass is 351 g/mol. The van der Waals surface area contributed by atoms with Gasteiger partial charge in [0.15, 0.2) is 9.84 Å². The predicted octanol–water partition coefficient (Wildman–Crippen LogP) is 2.80. The Hall–Kier alpha value is -1.69. The van der Waals surface area contributed by atoms with Crippen LogP contribution in [0.15, 0.2) is 30.3 Å². The second-order valence-corrected chi connectivity index (χ2v) is 8.86. The van der Waals surface area contributed by atoms with Crippen molar-refractivity contribution in [3.63, 3.8) is 0 Å². The molecule has 0 N–H and O–H groups in total. The maximum atomic E-state index is 13.2. The summed E-state index contributed by atoms with van der Waals surface area (Å²) in [5.74, 6) is -0.308. The summed E-state index contributed by atoms with van der Waals surface area (Å²) in [7, 11) is -3.04. The Kier molecular flexibility index (Phi) is 5.04. The van der Waals surface area contributed by atoms with E-state index in [0.29, 0.717) is 12.0 Å². The van der Waals surface area contributed by atoms with Crippen molar-refractivity contribution in [2.24, 2.45) is 0 Å². The predicted molar refractivity (Wildman–Crippen MR) is 91.6 cm³/mol. The average Bonchev–Trinajstić information content (AvgIpc) is 3.16. The van der Waals surface area contributed by atoms with Crippen molar-refractivity contribution in [3.8, 4) is 0 Å². The SMILES string of the molecule is O=C(/C=C/c1cccc(F)c1)N(C1CCCC1)C1CCS(=O)(=O)C1. The van der Waals surface area contributed by atoms with Crippen LogP contribution < -0.4 is 0 Å². The van der Waals surface area contributed by atoms with Gasteiger partial charge in [-0.05, 0) is 43.0 Å². The van der Waals surface area contributed by atoms with Crippen LogP contribution >= 0.6 is 0 Å². The van der Waals surface area contributed by atoms with E-state index in [4.69, 9.17) is 0 Å². The van der Waals surface area contributed by atoms with Crippen LogP contribution in [-0.4, -0.2) is 42.8 Å². The second-order valence-electron chi connectivity index (χ2n) is 6.63. The minimum absolute atomic E-state index is 0.0586. The van der Waals surface area contributed by atoms with Crippen molar-refractivity contribution in [2.75, 3.05) is 11.5 Å². The fourth-order valence-corrected chi connectivity index (χ4v) is 5.41. The molecule has 1 atom stereocenters. The van der Waals surface area contributed by atoms with E-state index in [1.165, 1.54) is 18.2 Å². The normalized spacial score (nSPS) is 23.8. The van der Waals surface area contributed by atoms with Crippen LogP contribution in [0.2, 0.25) is 0 Å². The molecule has 1 saturated carbocycles. The minimum Gasteiger partial charge on any atom is -0.332 e. The number of hydrogen-bond acceptors (Lipinski definition) is 3. The first-order valence-electron chi connectivity index (χ1n) is 8.41. The van der Waals surface area contributed by atoms with Crippen LogP contribution in [0.5, 0.6) is 0 Å². The van der Waals surface area contributed by atoms with Gasteiger partial charge in [-0.3, -0.25) is 4.79 Å². The lowest BCUT2D eigenvalue weighted by molar-refractivity contribution is -0.130. The van der Waals surface area contributed by atoms with Crippen LogP contribution in [0.3, 0.4) is 0 Å². The van der Waals surface area contributed by atoms with E-state index in [0.717, 1.165) is 25.7 Å². The average molecular weight is 351 g/mol. The lowest BCUT2D eigenvalue weighted by Crippen LogP contribution is -2.46. The molecular formula is C18H22FNO3S. The minimum atomic E-state index is -3.04. The first kappa shape index (κ1) is 17.1. The highest BCUT2D eigenvalue weighted by atomic mass is 32.2. The second kappa shape index (κ2) is 7.05. The number of halogens is 1. The molecular weight excluding hydrogens is 329 g/mol. The lowest BCUT2D eigenvalue weighted by atomic mass is 10.1. The van der Waals surface area contributed by atoms with E-state index in [9.17, 15) is 17.6 Å². The fourth-order valence-electron chi connectivity index (χ4n) is 3.70. The van der Waals surface area contributed by atoms with Gasteiger partial charge >= 0.3 is 0 Å². The number of hydrogen-bond donors (Lipinski definition) is 0. The highest BCUT2D eigenvalue weighted by molar-refractivity contribution is 7.91. The van der Waals surface area contributed by atoms with Gasteiger partial charge in [0.05, 0.1) is 11.5 Å². The highest BCUT2D eigenvalue weighted by Crippen LogP contribution is 2.29. The van der Waals surface area contributed by atoms with Gasteiger partial charge in [0.2, 0.25) is 5.91 Å². The summed E-state index contributed by atoms with van der Waals surface area (Å²) < 4.78 is 36.8. The molecule has 0 radical (unpaired) electrons. The van der Waals surface area contributed by atoms with Crippen LogP contribution in [0.1, 0.15) is 37.7 Å². The Morgan fingerprint density at radius 3 is 2.54 bits per heavy atom. The van der Waals surface area contributed by atoms with Gasteiger partial charge in [0.25, 0.3) is 0 Å². The summed E-state index contributed by atoms with van der Waals surface area (Å²) in [6.45, 7) is 0. The van der Waals surface area contributed by atoms with Gasteiger partial charge in [-0.2, -0.15) is 0 Å². The standard InChI is InChI=1S/C18H22FNO3S/c19-15-5-3-4-14(12-15)8-9-18(21)20(16-6-1-2-7-16)17-10-11-24(22,23)13-17/h3-5,8-9,12,16-17H,1-2,6-7,10-11,13H2/b9-8+. The summed E-state index contributed by atoms with van der Waals surface area (Å²) >= 11 is 0. The van der Waals surface area contributed by atoms with Gasteiger partial charge in [0.1, 0.15) is 5.82 Å². The summed E-state index contributed by atoms with van der Waals surface area (Å²) in [6, 6.07) is 5.93. The number of rotatable bonds is 4. The molecule has 1 amide bonds. The maximum Gasteiger partial charge on any atom is 0.247 e. The van der Waals surface area contributed by atoms with Gasteiger partial charge in [0, 0.05) is 18.2 Å². The number of nitrogens with zero attached hydrogens (tertiary/aromatic N) is 1. The van der Waals surface area contributed by atoms with Crippen molar-refractivity contribution in [3.05, 3.63) is 41.7 Å². The van der Waals surface area contributed by atoms with E-state index in [1.54, 1.807) is 23.1 Å². The van der Waals surface area contributed by atoms with E-state index in [2.05, 4.69) is 0 Å². The third-order valence-electron chi connectivity index (χ3n) is 4.84. The van der Waals surface area contributed by atoms with E-state index >= 15 is 0 Å². The lowest BCUT2D eigenvalue weighted by Gasteiger charge is -2.33. The van der Waals surface area contributed by atoms with Crippen molar-refractivity contribution in [2.45, 2.75) is 44.2 Å². The van der Waals surface area contributed by atoms with E-state index < -0.39 is 9.84 Å². The molecule has 24 heavy (non-hydrogen) atoms. The molecule has 0 spiro atoms. The van der Waals surface area contributed by atoms with Crippen LogP contribution in [0.4, 0.5) is 4.39 Å². The largest absolute Gasteiger partial charge is 0.332 e. The Bertz CT molecular complexity index is 738. The number of benzene rings is 1. The van der Waals surface area contributed by atoms with Crippen LogP contribution in [0, 0.1) is 5.82 Å². The third kappa shape index (κ3) is 4.04. The molecule has 1 aliphatic heterocycles. The topological polar surface area (TPSA) is 54.5 Å². The molecule has 130 valence electrons. The Labute approximate surface area is 142 Å². The Morgan fingerprint density at radius 2 is 1.92 bits per heavy atom. The van der Waals surface area contributed by atoms with Crippen LogP contribution in [-0.2, 0) is 14.6 Å². The molecule has 2 aliphatic rings.